The first kappa shape index (κ1) is 17.2. The minimum atomic E-state index is -4.16. The summed E-state index contributed by atoms with van der Waals surface area (Å²) >= 11 is 0. The van der Waals surface area contributed by atoms with E-state index in [-0.39, 0.29) is 4.90 Å². The van der Waals surface area contributed by atoms with Crippen molar-refractivity contribution in [3.8, 4) is 0 Å². The zero-order valence-electron chi connectivity index (χ0n) is 13.2. The van der Waals surface area contributed by atoms with Gasteiger partial charge in [-0.15, -0.1) is 0 Å². The summed E-state index contributed by atoms with van der Waals surface area (Å²) in [6.45, 7) is 6.17. The maximum Gasteiger partial charge on any atom is 0.294 e. The highest BCUT2D eigenvalue weighted by atomic mass is 32.2. The number of hydrogen-bond acceptors (Lipinski definition) is 4. The van der Waals surface area contributed by atoms with Crippen LogP contribution in [0.25, 0.3) is 0 Å². The molecular formula is C17H20N2O3S. The van der Waals surface area contributed by atoms with E-state index in [0.29, 0.717) is 5.69 Å². The van der Waals surface area contributed by atoms with Gasteiger partial charge in [-0.2, -0.15) is 8.42 Å². The fourth-order valence-corrected chi connectivity index (χ4v) is 2.69. The van der Waals surface area contributed by atoms with E-state index in [1.165, 1.54) is 17.8 Å². The highest BCUT2D eigenvalue weighted by Gasteiger charge is 2.07. The van der Waals surface area contributed by atoms with Gasteiger partial charge in [0.1, 0.15) is 0 Å². The van der Waals surface area contributed by atoms with Crippen LogP contribution in [-0.2, 0) is 10.1 Å². The average molecular weight is 332 g/mol. The van der Waals surface area contributed by atoms with Crippen molar-refractivity contribution in [2.45, 2.75) is 18.7 Å². The van der Waals surface area contributed by atoms with Gasteiger partial charge in [-0.25, -0.2) is 0 Å². The number of benzene rings is 2. The van der Waals surface area contributed by atoms with Crippen LogP contribution in [0.1, 0.15) is 19.4 Å². The van der Waals surface area contributed by atoms with E-state index >= 15 is 0 Å². The second kappa shape index (κ2) is 7.39. The summed E-state index contributed by atoms with van der Waals surface area (Å²) in [7, 11) is -4.16. The van der Waals surface area contributed by atoms with Crippen LogP contribution in [-0.4, -0.2) is 32.3 Å². The Labute approximate surface area is 137 Å². The molecule has 0 aromatic heterocycles. The Morgan fingerprint density at radius 3 is 2.04 bits per heavy atom. The van der Waals surface area contributed by atoms with Gasteiger partial charge in [-0.1, -0.05) is 12.1 Å². The Kier molecular flexibility index (Phi) is 5.52. The van der Waals surface area contributed by atoms with Crippen LogP contribution in [0.15, 0.2) is 58.4 Å². The van der Waals surface area contributed by atoms with Crippen molar-refractivity contribution in [2.75, 3.05) is 18.0 Å². The first-order valence-electron chi connectivity index (χ1n) is 7.40. The molecule has 0 saturated carbocycles. The van der Waals surface area contributed by atoms with Gasteiger partial charge in [0.25, 0.3) is 10.1 Å². The largest absolute Gasteiger partial charge is 0.372 e. The molecule has 2 aromatic rings. The van der Waals surface area contributed by atoms with Crippen molar-refractivity contribution in [3.63, 3.8) is 0 Å². The van der Waals surface area contributed by atoms with E-state index in [4.69, 9.17) is 4.55 Å². The number of aliphatic imine (C=N–C) groups is 1. The predicted octanol–water partition coefficient (Wildman–Crippen LogP) is 3.53. The van der Waals surface area contributed by atoms with Crippen LogP contribution in [0.2, 0.25) is 0 Å². The standard InChI is InChI=1S/C17H20N2O3S/c1-3-19(4-2)16-9-5-14(6-10-16)13-18-15-7-11-17(12-8-15)23(20,21)22/h5-13H,3-4H2,1-2H3,(H,20,21,22). The lowest BCUT2D eigenvalue weighted by Gasteiger charge is -2.20. The van der Waals surface area contributed by atoms with E-state index < -0.39 is 10.1 Å². The molecule has 0 aliphatic rings. The van der Waals surface area contributed by atoms with Gasteiger partial charge in [-0.05, 0) is 55.8 Å². The second-order valence-electron chi connectivity index (χ2n) is 4.99. The number of nitrogens with zero attached hydrogens (tertiary/aromatic N) is 2. The topological polar surface area (TPSA) is 70.0 Å². The molecule has 0 fully saturated rings. The highest BCUT2D eigenvalue weighted by molar-refractivity contribution is 7.85. The molecule has 0 radical (unpaired) electrons. The van der Waals surface area contributed by atoms with Gasteiger partial charge >= 0.3 is 0 Å². The Morgan fingerprint density at radius 1 is 1.00 bits per heavy atom. The van der Waals surface area contributed by atoms with Crippen LogP contribution in [0.5, 0.6) is 0 Å². The summed E-state index contributed by atoms with van der Waals surface area (Å²) in [6, 6.07) is 13.8. The third-order valence-electron chi connectivity index (χ3n) is 3.52. The number of anilines is 1. The monoisotopic (exact) mass is 332 g/mol. The summed E-state index contributed by atoms with van der Waals surface area (Å²) < 4.78 is 30.9. The van der Waals surface area contributed by atoms with Crippen LogP contribution >= 0.6 is 0 Å². The summed E-state index contributed by atoms with van der Waals surface area (Å²) in [5, 5.41) is 0. The first-order chi connectivity index (χ1) is 10.9. The SMILES string of the molecule is CCN(CC)c1ccc(C=Nc2ccc(S(=O)(=O)O)cc2)cc1. The van der Waals surface area contributed by atoms with Crippen LogP contribution < -0.4 is 4.90 Å². The lowest BCUT2D eigenvalue weighted by molar-refractivity contribution is 0.483. The molecule has 6 heteroatoms. The molecule has 0 spiro atoms. The van der Waals surface area contributed by atoms with Gasteiger partial charge in [0.05, 0.1) is 10.6 Å². The smallest absolute Gasteiger partial charge is 0.294 e. The molecule has 0 atom stereocenters. The molecule has 0 saturated heterocycles. The van der Waals surface area contributed by atoms with Crippen molar-refractivity contribution >= 4 is 27.7 Å². The summed E-state index contributed by atoms with van der Waals surface area (Å²) in [5.74, 6) is 0. The molecule has 23 heavy (non-hydrogen) atoms. The van der Waals surface area contributed by atoms with Crippen LogP contribution in [0, 0.1) is 0 Å². The molecule has 122 valence electrons. The van der Waals surface area contributed by atoms with Gasteiger partial charge in [0, 0.05) is 25.0 Å². The van der Waals surface area contributed by atoms with Crippen molar-refractivity contribution < 1.29 is 13.0 Å². The zero-order chi connectivity index (χ0) is 16.9. The normalized spacial score (nSPS) is 11.8. The molecule has 0 heterocycles. The molecule has 5 nitrogen and oxygen atoms in total. The van der Waals surface area contributed by atoms with E-state index in [0.717, 1.165) is 18.7 Å². The lowest BCUT2D eigenvalue weighted by Crippen LogP contribution is -2.21. The van der Waals surface area contributed by atoms with Gasteiger partial charge in [-0.3, -0.25) is 9.55 Å². The van der Waals surface area contributed by atoms with Crippen molar-refractivity contribution in [3.05, 3.63) is 54.1 Å². The summed E-state index contributed by atoms with van der Waals surface area (Å²) in [4.78, 5) is 6.42. The Hall–Kier alpha value is -2.18. The third-order valence-corrected chi connectivity index (χ3v) is 4.39. The van der Waals surface area contributed by atoms with E-state index in [1.807, 2.05) is 12.1 Å². The quantitative estimate of drug-likeness (QED) is 0.649. The minimum Gasteiger partial charge on any atom is -0.372 e. The Morgan fingerprint density at radius 2 is 1.57 bits per heavy atom. The van der Waals surface area contributed by atoms with E-state index in [2.05, 4.69) is 35.9 Å². The van der Waals surface area contributed by atoms with Gasteiger partial charge in [0.15, 0.2) is 0 Å². The Balaban J connectivity index is 2.11. The fourth-order valence-electron chi connectivity index (χ4n) is 2.21. The van der Waals surface area contributed by atoms with Crippen molar-refractivity contribution in [1.82, 2.24) is 0 Å². The number of hydrogen-bond donors (Lipinski definition) is 1. The maximum atomic E-state index is 11.0. The maximum absolute atomic E-state index is 11.0. The summed E-state index contributed by atoms with van der Waals surface area (Å²) in [6.07, 6.45) is 1.72. The number of rotatable bonds is 6. The molecule has 0 bridgehead atoms. The van der Waals surface area contributed by atoms with Crippen LogP contribution in [0.4, 0.5) is 11.4 Å². The zero-order valence-corrected chi connectivity index (χ0v) is 14.0. The third kappa shape index (κ3) is 4.64. The van der Waals surface area contributed by atoms with Crippen LogP contribution in [0.3, 0.4) is 0 Å². The second-order valence-corrected chi connectivity index (χ2v) is 6.41. The van der Waals surface area contributed by atoms with E-state index in [9.17, 15) is 8.42 Å². The molecule has 2 rings (SSSR count). The lowest BCUT2D eigenvalue weighted by atomic mass is 10.2. The van der Waals surface area contributed by atoms with Crippen molar-refractivity contribution in [2.24, 2.45) is 4.99 Å². The molecule has 0 aliphatic heterocycles. The predicted molar refractivity (Wildman–Crippen MR) is 93.5 cm³/mol. The fraction of sp³-hybridized carbons (Fsp3) is 0.235. The van der Waals surface area contributed by atoms with Gasteiger partial charge < -0.3 is 4.90 Å². The highest BCUT2D eigenvalue weighted by Crippen LogP contribution is 2.17. The molecular weight excluding hydrogens is 312 g/mol. The molecule has 0 amide bonds. The van der Waals surface area contributed by atoms with Gasteiger partial charge in [0.2, 0.25) is 0 Å². The molecule has 0 unspecified atom stereocenters. The minimum absolute atomic E-state index is 0.139. The molecule has 0 aliphatic carbocycles. The van der Waals surface area contributed by atoms with E-state index in [1.54, 1.807) is 18.3 Å². The molecule has 2 aromatic carbocycles. The molecule has 1 N–H and O–H groups in total. The first-order valence-corrected chi connectivity index (χ1v) is 8.84. The Bertz CT molecular complexity index is 762. The average Bonchev–Trinajstić information content (AvgIpc) is 2.55. The van der Waals surface area contributed by atoms with Crippen molar-refractivity contribution in [1.29, 1.82) is 0 Å². The summed E-state index contributed by atoms with van der Waals surface area (Å²) in [5.41, 5.74) is 2.75.